The molecular formula is C17H22ClN3O5S. The van der Waals surface area contributed by atoms with Crippen LogP contribution in [0.15, 0.2) is 23.2 Å². The standard InChI is InChI=1S/C17H22ClN3O5S/c1-20(8-5-9-26-3)15-13(27(4,24)25)7-6-11(14(15)18)16(22)12-10-19-21(2)17(12)23/h6-7,10,23H,5,8-9H2,1-4H3. The molecule has 0 radical (unpaired) electrons. The third-order valence-corrected chi connectivity index (χ3v) is 5.61. The molecule has 0 unspecified atom stereocenters. The number of anilines is 1. The molecule has 1 N–H and O–H groups in total. The van der Waals surface area contributed by atoms with Crippen molar-refractivity contribution in [2.75, 3.05) is 38.5 Å². The van der Waals surface area contributed by atoms with Gasteiger partial charge in [0.1, 0.15) is 5.56 Å². The van der Waals surface area contributed by atoms with E-state index in [-0.39, 0.29) is 32.6 Å². The van der Waals surface area contributed by atoms with E-state index in [1.165, 1.54) is 25.4 Å². The lowest BCUT2D eigenvalue weighted by molar-refractivity contribution is 0.103. The molecule has 0 aliphatic rings. The summed E-state index contributed by atoms with van der Waals surface area (Å²) in [7, 11) is 1.19. The Kier molecular flexibility index (Phi) is 6.50. The number of ether oxygens (including phenoxy) is 1. The molecule has 0 saturated carbocycles. The Labute approximate surface area is 163 Å². The molecule has 0 atom stereocenters. The quantitative estimate of drug-likeness (QED) is 0.518. The molecule has 0 amide bonds. The van der Waals surface area contributed by atoms with Crippen LogP contribution in [-0.2, 0) is 21.6 Å². The second-order valence-corrected chi connectivity index (χ2v) is 8.51. The number of ketones is 1. The van der Waals surface area contributed by atoms with Crippen molar-refractivity contribution in [1.29, 1.82) is 0 Å². The molecule has 1 heterocycles. The summed E-state index contributed by atoms with van der Waals surface area (Å²) in [4.78, 5) is 14.5. The molecule has 10 heteroatoms. The van der Waals surface area contributed by atoms with Crippen molar-refractivity contribution in [3.05, 3.63) is 34.5 Å². The third kappa shape index (κ3) is 4.42. The molecule has 8 nitrogen and oxygen atoms in total. The molecule has 1 aromatic heterocycles. The van der Waals surface area contributed by atoms with Gasteiger partial charge in [-0.1, -0.05) is 11.6 Å². The fourth-order valence-electron chi connectivity index (χ4n) is 2.67. The molecule has 27 heavy (non-hydrogen) atoms. The number of carbonyl (C=O) groups is 1. The molecule has 0 bridgehead atoms. The van der Waals surface area contributed by atoms with Gasteiger partial charge in [-0.05, 0) is 18.6 Å². The highest BCUT2D eigenvalue weighted by molar-refractivity contribution is 7.90. The van der Waals surface area contributed by atoms with Crippen LogP contribution in [-0.4, -0.2) is 62.7 Å². The highest BCUT2D eigenvalue weighted by Gasteiger charge is 2.26. The summed E-state index contributed by atoms with van der Waals surface area (Å²) < 4.78 is 30.6. The van der Waals surface area contributed by atoms with Gasteiger partial charge in [-0.15, -0.1) is 0 Å². The van der Waals surface area contributed by atoms with Crippen molar-refractivity contribution in [2.45, 2.75) is 11.3 Å². The van der Waals surface area contributed by atoms with Gasteiger partial charge in [0.25, 0.3) is 0 Å². The highest BCUT2D eigenvalue weighted by atomic mass is 35.5. The van der Waals surface area contributed by atoms with E-state index in [2.05, 4.69) is 5.10 Å². The smallest absolute Gasteiger partial charge is 0.220 e. The summed E-state index contributed by atoms with van der Waals surface area (Å²) in [5.74, 6) is -0.838. The number of rotatable bonds is 8. The van der Waals surface area contributed by atoms with E-state index in [0.29, 0.717) is 19.6 Å². The van der Waals surface area contributed by atoms with Gasteiger partial charge in [0.05, 0.1) is 21.8 Å². The van der Waals surface area contributed by atoms with Gasteiger partial charge in [0.2, 0.25) is 11.7 Å². The van der Waals surface area contributed by atoms with Crippen LogP contribution in [0.4, 0.5) is 5.69 Å². The number of nitrogens with zero attached hydrogens (tertiary/aromatic N) is 3. The number of sulfone groups is 1. The normalized spacial score (nSPS) is 11.6. The second-order valence-electron chi connectivity index (χ2n) is 6.15. The van der Waals surface area contributed by atoms with Gasteiger partial charge in [0, 0.05) is 46.2 Å². The van der Waals surface area contributed by atoms with Crippen LogP contribution in [0.5, 0.6) is 5.88 Å². The number of benzene rings is 1. The van der Waals surface area contributed by atoms with Crippen LogP contribution in [0.25, 0.3) is 0 Å². The Balaban J connectivity index is 2.57. The maximum atomic E-state index is 12.8. The first-order chi connectivity index (χ1) is 12.6. The van der Waals surface area contributed by atoms with Gasteiger partial charge in [-0.3, -0.25) is 4.79 Å². The van der Waals surface area contributed by atoms with Crippen LogP contribution in [0.3, 0.4) is 0 Å². The number of aromatic hydroxyl groups is 1. The van der Waals surface area contributed by atoms with E-state index in [1.54, 1.807) is 19.1 Å². The van der Waals surface area contributed by atoms with Crippen molar-refractivity contribution in [3.8, 4) is 5.88 Å². The number of aryl methyl sites for hydroxylation is 1. The molecule has 0 fully saturated rings. The first-order valence-electron chi connectivity index (χ1n) is 8.07. The average Bonchev–Trinajstić information content (AvgIpc) is 2.92. The Bertz CT molecular complexity index is 956. The number of halogens is 1. The zero-order valence-electron chi connectivity index (χ0n) is 15.6. The maximum Gasteiger partial charge on any atom is 0.220 e. The molecule has 148 valence electrons. The van der Waals surface area contributed by atoms with E-state index in [9.17, 15) is 18.3 Å². The van der Waals surface area contributed by atoms with Gasteiger partial charge in [-0.25, -0.2) is 13.1 Å². The molecule has 0 saturated heterocycles. The zero-order chi connectivity index (χ0) is 20.4. The topological polar surface area (TPSA) is 102 Å². The number of methoxy groups -OCH3 is 1. The number of hydrogen-bond donors (Lipinski definition) is 1. The van der Waals surface area contributed by atoms with Gasteiger partial charge < -0.3 is 14.7 Å². The fourth-order valence-corrected chi connectivity index (χ4v) is 4.05. The Morgan fingerprint density at radius 2 is 2.04 bits per heavy atom. The lowest BCUT2D eigenvalue weighted by Gasteiger charge is -2.24. The zero-order valence-corrected chi connectivity index (χ0v) is 17.1. The molecule has 2 rings (SSSR count). The van der Waals surface area contributed by atoms with Crippen molar-refractivity contribution in [1.82, 2.24) is 9.78 Å². The lowest BCUT2D eigenvalue weighted by Crippen LogP contribution is -2.23. The summed E-state index contributed by atoms with van der Waals surface area (Å²) in [6.07, 6.45) is 2.97. The minimum absolute atomic E-state index is 0.00564. The minimum atomic E-state index is -3.58. The van der Waals surface area contributed by atoms with Crippen LogP contribution < -0.4 is 4.90 Å². The summed E-state index contributed by atoms with van der Waals surface area (Å²) in [6, 6.07) is 2.70. The van der Waals surface area contributed by atoms with Crippen molar-refractivity contribution in [3.63, 3.8) is 0 Å². The predicted octanol–water partition coefficient (Wildman–Crippen LogP) is 1.89. The first kappa shape index (κ1) is 21.2. The minimum Gasteiger partial charge on any atom is -0.493 e. The van der Waals surface area contributed by atoms with Gasteiger partial charge in [-0.2, -0.15) is 5.10 Å². The summed E-state index contributed by atoms with van der Waals surface area (Å²) in [6.45, 7) is 0.976. The van der Waals surface area contributed by atoms with Crippen molar-refractivity contribution < 1.29 is 23.1 Å². The number of carbonyl (C=O) groups excluding carboxylic acids is 1. The van der Waals surface area contributed by atoms with Crippen LogP contribution in [0.2, 0.25) is 5.02 Å². The number of hydrogen-bond acceptors (Lipinski definition) is 7. The van der Waals surface area contributed by atoms with Crippen LogP contribution >= 0.6 is 11.6 Å². The van der Waals surface area contributed by atoms with Gasteiger partial charge >= 0.3 is 0 Å². The van der Waals surface area contributed by atoms with Crippen molar-refractivity contribution >= 4 is 32.9 Å². The maximum absolute atomic E-state index is 12.8. The fraction of sp³-hybridized carbons (Fsp3) is 0.412. The van der Waals surface area contributed by atoms with Gasteiger partial charge in [0.15, 0.2) is 9.84 Å². The largest absolute Gasteiger partial charge is 0.493 e. The van der Waals surface area contributed by atoms with E-state index < -0.39 is 15.6 Å². The Morgan fingerprint density at radius 1 is 1.37 bits per heavy atom. The Morgan fingerprint density at radius 3 is 2.56 bits per heavy atom. The van der Waals surface area contributed by atoms with E-state index in [0.717, 1.165) is 10.9 Å². The summed E-state index contributed by atoms with van der Waals surface area (Å²) in [5, 5.41) is 13.8. The highest BCUT2D eigenvalue weighted by Crippen LogP contribution is 2.37. The number of aromatic nitrogens is 2. The molecular weight excluding hydrogens is 394 g/mol. The molecule has 0 spiro atoms. The SMILES string of the molecule is COCCCN(C)c1c(S(C)(=O)=O)ccc(C(=O)c2cnn(C)c2O)c1Cl. The van der Waals surface area contributed by atoms with Crippen molar-refractivity contribution in [2.24, 2.45) is 7.05 Å². The van der Waals surface area contributed by atoms with E-state index in [1.807, 2.05) is 0 Å². The monoisotopic (exact) mass is 415 g/mol. The molecule has 0 aliphatic carbocycles. The summed E-state index contributed by atoms with van der Waals surface area (Å²) in [5.41, 5.74) is 0.310. The lowest BCUT2D eigenvalue weighted by atomic mass is 10.0. The molecule has 2 aromatic rings. The predicted molar refractivity (Wildman–Crippen MR) is 103 cm³/mol. The van der Waals surface area contributed by atoms with E-state index in [4.69, 9.17) is 16.3 Å². The average molecular weight is 416 g/mol. The Hall–Kier alpha value is -2.10. The van der Waals surface area contributed by atoms with E-state index >= 15 is 0 Å². The second kappa shape index (κ2) is 8.28. The third-order valence-electron chi connectivity index (χ3n) is 4.10. The summed E-state index contributed by atoms with van der Waals surface area (Å²) >= 11 is 6.46. The van der Waals surface area contributed by atoms with Crippen LogP contribution in [0, 0.1) is 0 Å². The molecule has 0 aliphatic heterocycles. The van der Waals surface area contributed by atoms with Crippen LogP contribution in [0.1, 0.15) is 22.3 Å². The first-order valence-corrected chi connectivity index (χ1v) is 10.3. The molecule has 1 aromatic carbocycles.